The fourth-order valence-corrected chi connectivity index (χ4v) is 2.80. The summed E-state index contributed by atoms with van der Waals surface area (Å²) in [5.41, 5.74) is 2.46. The summed E-state index contributed by atoms with van der Waals surface area (Å²) in [6.45, 7) is 2.11. The van der Waals surface area contributed by atoms with Crippen LogP contribution in [0.25, 0.3) is 11.3 Å². The second-order valence-electron chi connectivity index (χ2n) is 6.41. The molecule has 28 heavy (non-hydrogen) atoms. The minimum atomic E-state index is -4.46. The number of nitrogens with one attached hydrogen (secondary N) is 1. The molecule has 1 aromatic heterocycles. The summed E-state index contributed by atoms with van der Waals surface area (Å²) in [6.07, 6.45) is -0.589. The van der Waals surface area contributed by atoms with Gasteiger partial charge in [0.25, 0.3) is 5.91 Å². The largest absolute Gasteiger partial charge is 0.416 e. The Morgan fingerprint density at radius 1 is 1.04 bits per heavy atom. The van der Waals surface area contributed by atoms with Crippen molar-refractivity contribution < 1.29 is 18.0 Å². The highest BCUT2D eigenvalue weighted by molar-refractivity contribution is 6.04. The Bertz CT molecular complexity index is 949. The number of amides is 1. The molecule has 0 spiro atoms. The summed E-state index contributed by atoms with van der Waals surface area (Å²) in [5.74, 6) is -0.475. The monoisotopic (exact) mass is 384 g/mol. The van der Waals surface area contributed by atoms with E-state index in [2.05, 4.69) is 17.2 Å². The van der Waals surface area contributed by atoms with Crippen molar-refractivity contribution in [3.05, 3.63) is 83.6 Å². The topological polar surface area (TPSA) is 42.0 Å². The number of pyridine rings is 1. The van der Waals surface area contributed by atoms with Gasteiger partial charge in [0.1, 0.15) is 0 Å². The Hall–Kier alpha value is -3.15. The van der Waals surface area contributed by atoms with Crippen molar-refractivity contribution >= 4 is 11.6 Å². The number of halogens is 3. The molecule has 144 valence electrons. The van der Waals surface area contributed by atoms with E-state index in [1.165, 1.54) is 17.7 Å². The number of benzene rings is 2. The smallest absolute Gasteiger partial charge is 0.322 e. The van der Waals surface area contributed by atoms with E-state index in [0.717, 1.165) is 36.2 Å². The first-order valence-corrected chi connectivity index (χ1v) is 8.91. The number of hydrogen-bond donors (Lipinski definition) is 1. The zero-order chi connectivity index (χ0) is 20.1. The first kappa shape index (κ1) is 19.6. The summed E-state index contributed by atoms with van der Waals surface area (Å²) in [4.78, 5) is 16.8. The number of carbonyl (C=O) groups is 1. The van der Waals surface area contributed by atoms with Crippen molar-refractivity contribution in [1.82, 2.24) is 4.98 Å². The number of anilines is 1. The Morgan fingerprint density at radius 3 is 2.39 bits per heavy atom. The molecule has 3 rings (SSSR count). The highest BCUT2D eigenvalue weighted by Crippen LogP contribution is 2.30. The second-order valence-corrected chi connectivity index (χ2v) is 6.41. The zero-order valence-electron chi connectivity index (χ0n) is 15.3. The second kappa shape index (κ2) is 8.25. The Kier molecular flexibility index (Phi) is 5.78. The standard InChI is InChI=1S/C22H19F3N2O/c1-2-4-15-7-12-20(26-14-15)16-8-10-17(11-9-16)21(28)27-19-6-3-5-18(13-19)22(23,24)25/h3,5-14H,2,4H2,1H3,(H,27,28). The Morgan fingerprint density at radius 2 is 1.79 bits per heavy atom. The summed E-state index contributed by atoms with van der Waals surface area (Å²) in [6, 6.07) is 15.3. The molecule has 0 aliphatic rings. The van der Waals surface area contributed by atoms with Crippen LogP contribution in [0.3, 0.4) is 0 Å². The Balaban J connectivity index is 1.72. The lowest BCUT2D eigenvalue weighted by atomic mass is 10.1. The van der Waals surface area contributed by atoms with E-state index in [1.807, 2.05) is 18.3 Å². The van der Waals surface area contributed by atoms with Gasteiger partial charge in [-0.3, -0.25) is 9.78 Å². The van der Waals surface area contributed by atoms with Crippen molar-refractivity contribution in [2.45, 2.75) is 25.9 Å². The number of aryl methyl sites for hydroxylation is 1. The quantitative estimate of drug-likeness (QED) is 0.589. The molecule has 1 N–H and O–H groups in total. The van der Waals surface area contributed by atoms with Crippen molar-refractivity contribution in [3.8, 4) is 11.3 Å². The number of nitrogens with zero attached hydrogens (tertiary/aromatic N) is 1. The highest BCUT2D eigenvalue weighted by Gasteiger charge is 2.30. The molecular formula is C22H19F3N2O. The van der Waals surface area contributed by atoms with Crippen molar-refractivity contribution in [2.24, 2.45) is 0 Å². The molecule has 0 radical (unpaired) electrons. The van der Waals surface area contributed by atoms with Crippen LogP contribution in [-0.4, -0.2) is 10.9 Å². The molecular weight excluding hydrogens is 365 g/mol. The van der Waals surface area contributed by atoms with Crippen LogP contribution < -0.4 is 5.32 Å². The van der Waals surface area contributed by atoms with Gasteiger partial charge < -0.3 is 5.32 Å². The van der Waals surface area contributed by atoms with Crippen molar-refractivity contribution in [2.75, 3.05) is 5.32 Å². The third-order valence-electron chi connectivity index (χ3n) is 4.25. The molecule has 0 bridgehead atoms. The first-order valence-electron chi connectivity index (χ1n) is 8.91. The molecule has 3 aromatic rings. The van der Waals surface area contributed by atoms with Crippen LogP contribution in [0.4, 0.5) is 18.9 Å². The molecule has 1 amide bonds. The van der Waals surface area contributed by atoms with E-state index in [-0.39, 0.29) is 5.69 Å². The predicted octanol–water partition coefficient (Wildman–Crippen LogP) is 5.97. The number of rotatable bonds is 5. The van der Waals surface area contributed by atoms with E-state index in [1.54, 1.807) is 24.3 Å². The lowest BCUT2D eigenvalue weighted by Crippen LogP contribution is -2.13. The maximum Gasteiger partial charge on any atom is 0.416 e. The third kappa shape index (κ3) is 4.76. The van der Waals surface area contributed by atoms with Gasteiger partial charge in [0.2, 0.25) is 0 Å². The minimum absolute atomic E-state index is 0.0945. The van der Waals surface area contributed by atoms with E-state index >= 15 is 0 Å². The van der Waals surface area contributed by atoms with Gasteiger partial charge in [0.05, 0.1) is 11.3 Å². The molecule has 2 aromatic carbocycles. The average Bonchev–Trinajstić information content (AvgIpc) is 2.68. The summed E-state index contributed by atoms with van der Waals surface area (Å²) < 4.78 is 38.3. The van der Waals surface area contributed by atoms with Crippen molar-refractivity contribution in [1.29, 1.82) is 0 Å². The van der Waals surface area contributed by atoms with Crippen LogP contribution in [0.15, 0.2) is 66.9 Å². The van der Waals surface area contributed by atoms with Gasteiger partial charge in [-0.15, -0.1) is 0 Å². The van der Waals surface area contributed by atoms with Gasteiger partial charge in [-0.05, 0) is 48.4 Å². The van der Waals surface area contributed by atoms with Crippen LogP contribution in [0, 0.1) is 0 Å². The number of hydrogen-bond acceptors (Lipinski definition) is 2. The lowest BCUT2D eigenvalue weighted by molar-refractivity contribution is -0.137. The Labute approximate surface area is 161 Å². The molecule has 6 heteroatoms. The normalized spacial score (nSPS) is 11.3. The summed E-state index contributed by atoms with van der Waals surface area (Å²) >= 11 is 0. The van der Waals surface area contributed by atoms with Crippen LogP contribution >= 0.6 is 0 Å². The minimum Gasteiger partial charge on any atom is -0.322 e. The number of carbonyl (C=O) groups excluding carboxylic acids is 1. The molecule has 0 saturated heterocycles. The van der Waals surface area contributed by atoms with Gasteiger partial charge in [0, 0.05) is 23.0 Å². The van der Waals surface area contributed by atoms with Gasteiger partial charge in [-0.2, -0.15) is 13.2 Å². The molecule has 0 saturated carbocycles. The average molecular weight is 384 g/mol. The first-order chi connectivity index (χ1) is 13.4. The summed E-state index contributed by atoms with van der Waals surface area (Å²) in [5, 5.41) is 2.50. The molecule has 0 fully saturated rings. The molecule has 0 aliphatic heterocycles. The number of alkyl halides is 3. The van der Waals surface area contributed by atoms with Gasteiger partial charge in [0.15, 0.2) is 0 Å². The maximum atomic E-state index is 12.8. The summed E-state index contributed by atoms with van der Waals surface area (Å²) in [7, 11) is 0. The van der Waals surface area contributed by atoms with Crippen LogP contribution in [-0.2, 0) is 12.6 Å². The zero-order valence-corrected chi connectivity index (χ0v) is 15.3. The van der Waals surface area contributed by atoms with Gasteiger partial charge in [-0.1, -0.05) is 37.6 Å². The van der Waals surface area contributed by atoms with Gasteiger partial charge in [-0.25, -0.2) is 0 Å². The molecule has 0 unspecified atom stereocenters. The SMILES string of the molecule is CCCc1ccc(-c2ccc(C(=O)Nc3cccc(C(F)(F)F)c3)cc2)nc1. The van der Waals surface area contributed by atoms with Crippen LogP contribution in [0.1, 0.15) is 34.8 Å². The maximum absolute atomic E-state index is 12.8. The fraction of sp³-hybridized carbons (Fsp3) is 0.182. The third-order valence-corrected chi connectivity index (χ3v) is 4.25. The number of aromatic nitrogens is 1. The highest BCUT2D eigenvalue weighted by atomic mass is 19.4. The van der Waals surface area contributed by atoms with Gasteiger partial charge >= 0.3 is 6.18 Å². The van der Waals surface area contributed by atoms with Crippen LogP contribution in [0.5, 0.6) is 0 Å². The molecule has 3 nitrogen and oxygen atoms in total. The van der Waals surface area contributed by atoms with Crippen molar-refractivity contribution in [3.63, 3.8) is 0 Å². The molecule has 0 aliphatic carbocycles. The molecule has 0 atom stereocenters. The molecule has 1 heterocycles. The lowest BCUT2D eigenvalue weighted by Gasteiger charge is -2.10. The van der Waals surface area contributed by atoms with E-state index in [9.17, 15) is 18.0 Å². The fourth-order valence-electron chi connectivity index (χ4n) is 2.80. The van der Waals surface area contributed by atoms with E-state index in [4.69, 9.17) is 0 Å². The van der Waals surface area contributed by atoms with Crippen LogP contribution in [0.2, 0.25) is 0 Å². The van der Waals surface area contributed by atoms with E-state index in [0.29, 0.717) is 5.56 Å². The van der Waals surface area contributed by atoms with E-state index < -0.39 is 17.6 Å². The predicted molar refractivity (Wildman–Crippen MR) is 103 cm³/mol.